The molecule has 20 heavy (non-hydrogen) atoms. The zero-order valence-corrected chi connectivity index (χ0v) is 13.8. The van der Waals surface area contributed by atoms with Gasteiger partial charge in [-0.05, 0) is 52.2 Å². The number of amides is 1. The average Bonchev–Trinajstić information content (AvgIpc) is 2.46. The van der Waals surface area contributed by atoms with Crippen LogP contribution in [0.25, 0.3) is 0 Å². The third-order valence-corrected chi connectivity index (χ3v) is 4.24. The van der Waals surface area contributed by atoms with Crippen molar-refractivity contribution in [2.75, 3.05) is 19.6 Å². The maximum Gasteiger partial charge on any atom is 0.240 e. The topological polar surface area (TPSA) is 56.1 Å². The third kappa shape index (κ3) is 5.50. The molecular formula is C16H31N3O. The first-order chi connectivity index (χ1) is 9.49. The van der Waals surface area contributed by atoms with Gasteiger partial charge in [-0.25, -0.2) is 0 Å². The molecule has 4 heteroatoms. The van der Waals surface area contributed by atoms with Crippen LogP contribution in [0.5, 0.6) is 0 Å². The Morgan fingerprint density at radius 1 is 1.25 bits per heavy atom. The van der Waals surface area contributed by atoms with Crippen molar-refractivity contribution in [1.29, 1.82) is 5.26 Å². The van der Waals surface area contributed by atoms with Gasteiger partial charge in [0.1, 0.15) is 5.41 Å². The van der Waals surface area contributed by atoms with Crippen molar-refractivity contribution in [3.05, 3.63) is 0 Å². The summed E-state index contributed by atoms with van der Waals surface area (Å²) in [7, 11) is 0. The molecule has 0 fully saturated rings. The second-order valence-corrected chi connectivity index (χ2v) is 5.44. The molecule has 0 aromatic heterocycles. The number of rotatable bonds is 10. The summed E-state index contributed by atoms with van der Waals surface area (Å²) in [6.07, 6.45) is 3.16. The second-order valence-electron chi connectivity index (χ2n) is 5.44. The monoisotopic (exact) mass is 281 g/mol. The van der Waals surface area contributed by atoms with Gasteiger partial charge < -0.3 is 10.2 Å². The fourth-order valence-corrected chi connectivity index (χ4v) is 2.38. The fourth-order valence-electron chi connectivity index (χ4n) is 2.38. The van der Waals surface area contributed by atoms with Gasteiger partial charge in [-0.2, -0.15) is 5.26 Å². The molecule has 1 unspecified atom stereocenters. The van der Waals surface area contributed by atoms with Gasteiger partial charge in [0.2, 0.25) is 5.91 Å². The van der Waals surface area contributed by atoms with E-state index >= 15 is 0 Å². The Hall–Kier alpha value is -1.08. The van der Waals surface area contributed by atoms with Crippen LogP contribution in [-0.4, -0.2) is 36.5 Å². The Morgan fingerprint density at radius 2 is 1.80 bits per heavy atom. The van der Waals surface area contributed by atoms with E-state index in [-0.39, 0.29) is 11.9 Å². The van der Waals surface area contributed by atoms with Gasteiger partial charge >= 0.3 is 0 Å². The van der Waals surface area contributed by atoms with E-state index in [4.69, 9.17) is 0 Å². The Bertz CT molecular complexity index is 314. The summed E-state index contributed by atoms with van der Waals surface area (Å²) in [5.74, 6) is -0.111. The number of hydrogen-bond acceptors (Lipinski definition) is 3. The number of carbonyl (C=O) groups is 1. The molecule has 1 amide bonds. The largest absolute Gasteiger partial charge is 0.352 e. The Labute approximate surface area is 124 Å². The van der Waals surface area contributed by atoms with Crippen LogP contribution >= 0.6 is 0 Å². The minimum absolute atomic E-state index is 0.111. The van der Waals surface area contributed by atoms with Crippen LogP contribution in [0.3, 0.4) is 0 Å². The van der Waals surface area contributed by atoms with Crippen LogP contribution < -0.4 is 5.32 Å². The zero-order chi connectivity index (χ0) is 15.6. The quantitative estimate of drug-likeness (QED) is 0.670. The van der Waals surface area contributed by atoms with E-state index in [1.165, 1.54) is 0 Å². The molecule has 0 aromatic rings. The molecule has 0 saturated carbocycles. The van der Waals surface area contributed by atoms with Crippen molar-refractivity contribution in [2.45, 2.75) is 66.3 Å². The summed E-state index contributed by atoms with van der Waals surface area (Å²) in [6.45, 7) is 13.4. The van der Waals surface area contributed by atoms with Crippen LogP contribution in [0, 0.1) is 16.7 Å². The van der Waals surface area contributed by atoms with Crippen molar-refractivity contribution in [3.63, 3.8) is 0 Å². The maximum atomic E-state index is 12.2. The number of nitriles is 1. The molecule has 0 aliphatic rings. The summed E-state index contributed by atoms with van der Waals surface area (Å²) in [5, 5.41) is 12.3. The highest BCUT2D eigenvalue weighted by molar-refractivity contribution is 5.85. The van der Waals surface area contributed by atoms with Gasteiger partial charge in [-0.1, -0.05) is 27.7 Å². The lowest BCUT2D eigenvalue weighted by Gasteiger charge is -2.25. The van der Waals surface area contributed by atoms with Gasteiger partial charge in [0.25, 0.3) is 0 Å². The maximum absolute atomic E-state index is 12.2. The summed E-state index contributed by atoms with van der Waals surface area (Å²) in [6, 6.07) is 2.32. The molecule has 1 N–H and O–H groups in total. The van der Waals surface area contributed by atoms with Crippen molar-refractivity contribution >= 4 is 5.91 Å². The van der Waals surface area contributed by atoms with Crippen molar-refractivity contribution in [3.8, 4) is 6.07 Å². The summed E-state index contributed by atoms with van der Waals surface area (Å²) < 4.78 is 0. The summed E-state index contributed by atoms with van der Waals surface area (Å²) in [4.78, 5) is 14.6. The van der Waals surface area contributed by atoms with E-state index in [9.17, 15) is 10.1 Å². The molecule has 0 saturated heterocycles. The Kier molecular flexibility index (Phi) is 9.24. The molecule has 0 radical (unpaired) electrons. The summed E-state index contributed by atoms with van der Waals surface area (Å²) in [5.41, 5.74) is -0.854. The molecule has 0 heterocycles. The fraction of sp³-hybridized carbons (Fsp3) is 0.875. The predicted molar refractivity (Wildman–Crippen MR) is 83.3 cm³/mol. The Morgan fingerprint density at radius 3 is 2.20 bits per heavy atom. The average molecular weight is 281 g/mol. The van der Waals surface area contributed by atoms with Crippen LogP contribution in [-0.2, 0) is 4.79 Å². The second kappa shape index (κ2) is 9.77. The van der Waals surface area contributed by atoms with Gasteiger partial charge in [-0.15, -0.1) is 0 Å². The molecule has 0 aliphatic carbocycles. The zero-order valence-electron chi connectivity index (χ0n) is 13.8. The van der Waals surface area contributed by atoms with E-state index in [1.54, 1.807) is 0 Å². The predicted octanol–water partition coefficient (Wildman–Crippen LogP) is 2.94. The smallest absolute Gasteiger partial charge is 0.240 e. The standard InChI is InChI=1S/C16H31N3O/c1-6-16(7-2,13-17)15(20)18-14(5)11-10-12-19(8-3)9-4/h14H,6-12H2,1-5H3,(H,18,20). The first-order valence-corrected chi connectivity index (χ1v) is 7.94. The van der Waals surface area contributed by atoms with Crippen molar-refractivity contribution < 1.29 is 4.79 Å². The highest BCUT2D eigenvalue weighted by atomic mass is 16.2. The minimum atomic E-state index is -0.854. The summed E-state index contributed by atoms with van der Waals surface area (Å²) >= 11 is 0. The third-order valence-electron chi connectivity index (χ3n) is 4.24. The number of carbonyl (C=O) groups excluding carboxylic acids is 1. The number of hydrogen-bond donors (Lipinski definition) is 1. The first-order valence-electron chi connectivity index (χ1n) is 7.94. The molecule has 0 aromatic carbocycles. The molecule has 0 spiro atoms. The molecule has 0 aliphatic heterocycles. The van der Waals surface area contributed by atoms with Gasteiger partial charge in [0.05, 0.1) is 6.07 Å². The van der Waals surface area contributed by atoms with Crippen molar-refractivity contribution in [1.82, 2.24) is 10.2 Å². The van der Waals surface area contributed by atoms with Crippen molar-refractivity contribution in [2.24, 2.45) is 5.41 Å². The lowest BCUT2D eigenvalue weighted by atomic mass is 9.83. The SMILES string of the molecule is CCN(CC)CCCC(C)NC(=O)C(C#N)(CC)CC. The molecule has 1 atom stereocenters. The van der Waals surface area contributed by atoms with Crippen LogP contribution in [0.2, 0.25) is 0 Å². The highest BCUT2D eigenvalue weighted by Crippen LogP contribution is 2.25. The van der Waals surface area contributed by atoms with E-state index in [0.717, 1.165) is 32.5 Å². The number of nitrogens with one attached hydrogen (secondary N) is 1. The van der Waals surface area contributed by atoms with Gasteiger partial charge in [0, 0.05) is 6.04 Å². The molecule has 4 nitrogen and oxygen atoms in total. The Balaban J connectivity index is 4.23. The van der Waals surface area contributed by atoms with Gasteiger partial charge in [-0.3, -0.25) is 4.79 Å². The molecule has 0 rings (SSSR count). The first kappa shape index (κ1) is 18.9. The van der Waals surface area contributed by atoms with E-state index in [2.05, 4.69) is 30.1 Å². The lowest BCUT2D eigenvalue weighted by Crippen LogP contribution is -2.43. The van der Waals surface area contributed by atoms with Crippen LogP contribution in [0.15, 0.2) is 0 Å². The van der Waals surface area contributed by atoms with Gasteiger partial charge in [0.15, 0.2) is 0 Å². The number of nitrogens with zero attached hydrogens (tertiary/aromatic N) is 2. The van der Waals surface area contributed by atoms with Crippen LogP contribution in [0.4, 0.5) is 0 Å². The molecule has 0 bridgehead atoms. The minimum Gasteiger partial charge on any atom is -0.352 e. The highest BCUT2D eigenvalue weighted by Gasteiger charge is 2.35. The normalized spacial score (nSPS) is 13.1. The molecular weight excluding hydrogens is 250 g/mol. The lowest BCUT2D eigenvalue weighted by molar-refractivity contribution is -0.129. The van der Waals surface area contributed by atoms with Crippen LogP contribution in [0.1, 0.15) is 60.3 Å². The van der Waals surface area contributed by atoms with E-state index in [1.807, 2.05) is 20.8 Å². The molecule has 116 valence electrons. The van der Waals surface area contributed by atoms with E-state index < -0.39 is 5.41 Å². The van der Waals surface area contributed by atoms with E-state index in [0.29, 0.717) is 12.8 Å².